The van der Waals surface area contributed by atoms with Crippen molar-refractivity contribution >= 4 is 15.9 Å². The zero-order valence-corrected chi connectivity index (χ0v) is 11.9. The molecule has 2 nitrogen and oxygen atoms in total. The zero-order valence-electron chi connectivity index (χ0n) is 10.3. The molecule has 0 saturated carbocycles. The summed E-state index contributed by atoms with van der Waals surface area (Å²) in [4.78, 5) is 2.49. The van der Waals surface area contributed by atoms with Crippen LogP contribution in [0.3, 0.4) is 0 Å². The number of nitrogens with zero attached hydrogens (tertiary/aromatic N) is 1. The minimum Gasteiger partial charge on any atom is -0.508 e. The maximum absolute atomic E-state index is 9.53. The molecule has 1 saturated heterocycles. The van der Waals surface area contributed by atoms with Crippen molar-refractivity contribution in [3.05, 3.63) is 28.2 Å². The van der Waals surface area contributed by atoms with E-state index in [0.29, 0.717) is 5.75 Å². The maximum atomic E-state index is 9.53. The van der Waals surface area contributed by atoms with Gasteiger partial charge in [-0.1, -0.05) is 22.9 Å². The number of phenols is 1. The van der Waals surface area contributed by atoms with Gasteiger partial charge in [-0.3, -0.25) is 4.90 Å². The molecule has 3 heteroatoms. The molecule has 2 rings (SSSR count). The lowest BCUT2D eigenvalue weighted by Gasteiger charge is -2.20. The van der Waals surface area contributed by atoms with E-state index in [2.05, 4.69) is 27.8 Å². The van der Waals surface area contributed by atoms with Crippen LogP contribution in [0.1, 0.15) is 31.7 Å². The Kier molecular flexibility index (Phi) is 4.46. The molecule has 1 aromatic carbocycles. The minimum absolute atomic E-state index is 0.353. The first-order valence-corrected chi connectivity index (χ1v) is 7.14. The Bertz CT molecular complexity index is 380. The quantitative estimate of drug-likeness (QED) is 0.898. The van der Waals surface area contributed by atoms with Crippen LogP contribution in [0, 0.1) is 5.92 Å². The monoisotopic (exact) mass is 297 g/mol. The Morgan fingerprint density at radius 2 is 2.18 bits per heavy atom. The van der Waals surface area contributed by atoms with E-state index in [1.165, 1.54) is 37.9 Å². The molecule has 0 aliphatic carbocycles. The van der Waals surface area contributed by atoms with E-state index in [4.69, 9.17) is 0 Å². The average Bonchev–Trinajstić information content (AvgIpc) is 2.49. The molecule has 1 aliphatic heterocycles. The SMILES string of the molecule is CC1CCCN(Cc2cc(O)ccc2Br)CC1. The highest BCUT2D eigenvalue weighted by Gasteiger charge is 2.14. The van der Waals surface area contributed by atoms with Gasteiger partial charge in [-0.2, -0.15) is 0 Å². The van der Waals surface area contributed by atoms with Crippen molar-refractivity contribution < 1.29 is 5.11 Å². The van der Waals surface area contributed by atoms with Crippen molar-refractivity contribution in [1.29, 1.82) is 0 Å². The van der Waals surface area contributed by atoms with Crippen molar-refractivity contribution in [3.8, 4) is 5.75 Å². The summed E-state index contributed by atoms with van der Waals surface area (Å²) in [6, 6.07) is 5.50. The molecule has 0 amide bonds. The number of aromatic hydroxyl groups is 1. The molecule has 1 heterocycles. The topological polar surface area (TPSA) is 23.5 Å². The summed E-state index contributed by atoms with van der Waals surface area (Å²) in [5, 5.41) is 9.53. The molecule has 0 aromatic heterocycles. The largest absolute Gasteiger partial charge is 0.508 e. The van der Waals surface area contributed by atoms with Crippen molar-refractivity contribution in [2.45, 2.75) is 32.7 Å². The third-order valence-corrected chi connectivity index (χ3v) is 4.31. The van der Waals surface area contributed by atoms with Gasteiger partial charge in [-0.15, -0.1) is 0 Å². The molecule has 1 aromatic rings. The summed E-state index contributed by atoms with van der Waals surface area (Å²) in [6.07, 6.45) is 3.92. The summed E-state index contributed by atoms with van der Waals surface area (Å²) >= 11 is 3.55. The van der Waals surface area contributed by atoms with E-state index in [-0.39, 0.29) is 0 Å². The van der Waals surface area contributed by atoms with Crippen LogP contribution in [0.2, 0.25) is 0 Å². The molecule has 1 aliphatic rings. The van der Waals surface area contributed by atoms with Crippen LogP contribution in [-0.2, 0) is 6.54 Å². The van der Waals surface area contributed by atoms with Crippen molar-refractivity contribution in [2.24, 2.45) is 5.92 Å². The van der Waals surface area contributed by atoms with Crippen LogP contribution in [0.15, 0.2) is 22.7 Å². The summed E-state index contributed by atoms with van der Waals surface area (Å²) < 4.78 is 1.09. The van der Waals surface area contributed by atoms with Gasteiger partial charge in [-0.05, 0) is 62.0 Å². The van der Waals surface area contributed by atoms with Gasteiger partial charge in [0, 0.05) is 11.0 Å². The normalized spacial score (nSPS) is 22.4. The van der Waals surface area contributed by atoms with Gasteiger partial charge in [0.1, 0.15) is 5.75 Å². The molecule has 0 radical (unpaired) electrons. The lowest BCUT2D eigenvalue weighted by Crippen LogP contribution is -2.24. The molecule has 1 atom stereocenters. The van der Waals surface area contributed by atoms with E-state index < -0.39 is 0 Å². The molecule has 17 heavy (non-hydrogen) atoms. The van der Waals surface area contributed by atoms with Crippen LogP contribution in [0.25, 0.3) is 0 Å². The average molecular weight is 298 g/mol. The van der Waals surface area contributed by atoms with Crippen LogP contribution >= 0.6 is 15.9 Å². The Morgan fingerprint density at radius 3 is 3.00 bits per heavy atom. The van der Waals surface area contributed by atoms with Gasteiger partial charge >= 0.3 is 0 Å². The van der Waals surface area contributed by atoms with E-state index in [0.717, 1.165) is 16.9 Å². The molecule has 1 unspecified atom stereocenters. The van der Waals surface area contributed by atoms with Gasteiger partial charge < -0.3 is 5.11 Å². The fraction of sp³-hybridized carbons (Fsp3) is 0.571. The summed E-state index contributed by atoms with van der Waals surface area (Å²) in [5.41, 5.74) is 1.18. The zero-order chi connectivity index (χ0) is 12.3. The number of hydrogen-bond donors (Lipinski definition) is 1. The first-order chi connectivity index (χ1) is 8.15. The second-order valence-corrected chi connectivity index (χ2v) is 5.94. The third kappa shape index (κ3) is 3.71. The van der Waals surface area contributed by atoms with E-state index >= 15 is 0 Å². The summed E-state index contributed by atoms with van der Waals surface area (Å²) in [6.45, 7) is 5.62. The molecular formula is C14H20BrNO. The number of likely N-dealkylation sites (tertiary alicyclic amines) is 1. The predicted molar refractivity (Wildman–Crippen MR) is 74.1 cm³/mol. The number of rotatable bonds is 2. The number of halogens is 1. The smallest absolute Gasteiger partial charge is 0.115 e. The van der Waals surface area contributed by atoms with Gasteiger partial charge in [0.15, 0.2) is 0 Å². The Labute approximate surface area is 112 Å². The maximum Gasteiger partial charge on any atom is 0.115 e. The molecule has 1 fully saturated rings. The highest BCUT2D eigenvalue weighted by Crippen LogP contribution is 2.25. The third-order valence-electron chi connectivity index (χ3n) is 3.53. The van der Waals surface area contributed by atoms with E-state index in [1.807, 2.05) is 12.1 Å². The second-order valence-electron chi connectivity index (χ2n) is 5.09. The molecular weight excluding hydrogens is 278 g/mol. The number of benzene rings is 1. The Hall–Kier alpha value is -0.540. The highest BCUT2D eigenvalue weighted by molar-refractivity contribution is 9.10. The lowest BCUT2D eigenvalue weighted by molar-refractivity contribution is 0.273. The predicted octanol–water partition coefficient (Wildman–Crippen LogP) is 3.78. The van der Waals surface area contributed by atoms with Gasteiger partial charge in [0.05, 0.1) is 0 Å². The van der Waals surface area contributed by atoms with Crippen molar-refractivity contribution in [3.63, 3.8) is 0 Å². The van der Waals surface area contributed by atoms with Gasteiger partial charge in [0.25, 0.3) is 0 Å². The minimum atomic E-state index is 0.353. The van der Waals surface area contributed by atoms with E-state index in [1.54, 1.807) is 6.07 Å². The van der Waals surface area contributed by atoms with Gasteiger partial charge in [0.2, 0.25) is 0 Å². The van der Waals surface area contributed by atoms with Crippen molar-refractivity contribution in [2.75, 3.05) is 13.1 Å². The molecule has 0 spiro atoms. The molecule has 94 valence electrons. The fourth-order valence-electron chi connectivity index (χ4n) is 2.40. The van der Waals surface area contributed by atoms with Gasteiger partial charge in [-0.25, -0.2) is 0 Å². The fourth-order valence-corrected chi connectivity index (χ4v) is 2.78. The van der Waals surface area contributed by atoms with Crippen LogP contribution < -0.4 is 0 Å². The van der Waals surface area contributed by atoms with Crippen molar-refractivity contribution in [1.82, 2.24) is 4.90 Å². The Balaban J connectivity index is 2.02. The lowest BCUT2D eigenvalue weighted by atomic mass is 10.0. The van der Waals surface area contributed by atoms with Crippen LogP contribution in [0.5, 0.6) is 5.75 Å². The Morgan fingerprint density at radius 1 is 1.35 bits per heavy atom. The summed E-state index contributed by atoms with van der Waals surface area (Å²) in [7, 11) is 0. The summed E-state index contributed by atoms with van der Waals surface area (Å²) in [5.74, 6) is 1.21. The molecule has 0 bridgehead atoms. The number of phenolic OH excluding ortho intramolecular Hbond substituents is 1. The van der Waals surface area contributed by atoms with Crippen LogP contribution in [-0.4, -0.2) is 23.1 Å². The van der Waals surface area contributed by atoms with Crippen LogP contribution in [0.4, 0.5) is 0 Å². The highest BCUT2D eigenvalue weighted by atomic mass is 79.9. The number of hydrogen-bond acceptors (Lipinski definition) is 2. The molecule has 1 N–H and O–H groups in total. The second kappa shape index (κ2) is 5.87. The standard InChI is InChI=1S/C14H20BrNO/c1-11-3-2-7-16(8-6-11)10-12-9-13(17)4-5-14(12)15/h4-5,9,11,17H,2-3,6-8,10H2,1H3. The first kappa shape index (κ1) is 12.9. The first-order valence-electron chi connectivity index (χ1n) is 6.35. The van der Waals surface area contributed by atoms with E-state index in [9.17, 15) is 5.11 Å².